The first kappa shape index (κ1) is 13.9. The fourth-order valence-corrected chi connectivity index (χ4v) is 2.01. The molecule has 1 fully saturated rings. The lowest BCUT2D eigenvalue weighted by atomic mass is 10.1. The Balaban J connectivity index is 2.08. The van der Waals surface area contributed by atoms with E-state index >= 15 is 0 Å². The lowest BCUT2D eigenvalue weighted by Gasteiger charge is -2.24. The monoisotopic (exact) mass is 264 g/mol. The average Bonchev–Trinajstić information content (AvgIpc) is 2.46. The number of carbonyl (C=O) groups excluding carboxylic acids is 1. The Morgan fingerprint density at radius 3 is 3.05 bits per heavy atom. The lowest BCUT2D eigenvalue weighted by molar-refractivity contribution is 0.00710. The van der Waals surface area contributed by atoms with Crippen molar-refractivity contribution in [3.63, 3.8) is 0 Å². The van der Waals surface area contributed by atoms with Crippen molar-refractivity contribution in [2.24, 2.45) is 0 Å². The van der Waals surface area contributed by atoms with E-state index in [4.69, 9.17) is 14.2 Å². The number of benzene rings is 1. The van der Waals surface area contributed by atoms with Gasteiger partial charge in [-0.3, -0.25) is 4.79 Å². The quantitative estimate of drug-likeness (QED) is 0.741. The molecular formula is C15H20O4. The third-order valence-electron chi connectivity index (χ3n) is 3.00. The molecule has 1 aromatic rings. The van der Waals surface area contributed by atoms with Crippen LogP contribution in [0.15, 0.2) is 18.2 Å². The van der Waals surface area contributed by atoms with Crippen LogP contribution >= 0.6 is 0 Å². The first-order valence-corrected chi connectivity index (χ1v) is 6.80. The van der Waals surface area contributed by atoms with Gasteiger partial charge in [0.15, 0.2) is 6.29 Å². The van der Waals surface area contributed by atoms with Crippen molar-refractivity contribution < 1.29 is 19.0 Å². The van der Waals surface area contributed by atoms with Crippen molar-refractivity contribution in [2.75, 3.05) is 19.8 Å². The third kappa shape index (κ3) is 3.96. The molecule has 0 radical (unpaired) electrons. The molecule has 1 saturated heterocycles. The molecule has 0 aliphatic carbocycles. The first-order chi connectivity index (χ1) is 9.33. The molecule has 1 aromatic carbocycles. The number of rotatable bonds is 6. The van der Waals surface area contributed by atoms with Gasteiger partial charge in [-0.05, 0) is 31.4 Å². The molecular weight excluding hydrogens is 244 g/mol. The third-order valence-corrected chi connectivity index (χ3v) is 3.00. The van der Waals surface area contributed by atoms with Crippen LogP contribution in [0.3, 0.4) is 0 Å². The van der Waals surface area contributed by atoms with Gasteiger partial charge in [0.05, 0.1) is 18.8 Å². The van der Waals surface area contributed by atoms with Crippen LogP contribution in [0, 0.1) is 0 Å². The molecule has 0 spiro atoms. The van der Waals surface area contributed by atoms with E-state index < -0.39 is 0 Å². The van der Waals surface area contributed by atoms with Crippen molar-refractivity contribution in [3.8, 4) is 11.5 Å². The fourth-order valence-electron chi connectivity index (χ4n) is 2.01. The van der Waals surface area contributed by atoms with Gasteiger partial charge in [0.2, 0.25) is 0 Å². The number of hydrogen-bond acceptors (Lipinski definition) is 4. The summed E-state index contributed by atoms with van der Waals surface area (Å²) in [6.45, 7) is 4.08. The van der Waals surface area contributed by atoms with E-state index in [9.17, 15) is 4.79 Å². The van der Waals surface area contributed by atoms with Crippen LogP contribution in [0.5, 0.6) is 11.5 Å². The fraction of sp³-hybridized carbons (Fsp3) is 0.533. The van der Waals surface area contributed by atoms with Gasteiger partial charge >= 0.3 is 0 Å². The highest BCUT2D eigenvalue weighted by Gasteiger charge is 2.17. The van der Waals surface area contributed by atoms with Crippen LogP contribution < -0.4 is 9.47 Å². The minimum absolute atomic E-state index is 0.0221. The van der Waals surface area contributed by atoms with Crippen LogP contribution in [0.1, 0.15) is 36.5 Å². The van der Waals surface area contributed by atoms with E-state index in [0.717, 1.165) is 37.9 Å². The molecule has 1 heterocycles. The molecule has 0 N–H and O–H groups in total. The second-order valence-electron chi connectivity index (χ2n) is 4.62. The van der Waals surface area contributed by atoms with E-state index in [0.29, 0.717) is 24.5 Å². The zero-order valence-electron chi connectivity index (χ0n) is 11.3. The summed E-state index contributed by atoms with van der Waals surface area (Å²) < 4.78 is 16.8. The van der Waals surface area contributed by atoms with Gasteiger partial charge in [-0.25, -0.2) is 0 Å². The summed E-state index contributed by atoms with van der Waals surface area (Å²) in [4.78, 5) is 11.0. The van der Waals surface area contributed by atoms with Gasteiger partial charge in [0, 0.05) is 12.7 Å². The lowest BCUT2D eigenvalue weighted by Crippen LogP contribution is -2.28. The van der Waals surface area contributed by atoms with E-state index in [1.807, 2.05) is 0 Å². The van der Waals surface area contributed by atoms with Crippen molar-refractivity contribution in [3.05, 3.63) is 23.8 Å². The summed E-state index contributed by atoms with van der Waals surface area (Å²) >= 11 is 0. The minimum Gasteiger partial charge on any atom is -0.493 e. The standard InChI is InChI=1S/C15H20O4/c1-2-7-18-13-6-5-12(10-16)15(9-13)19-14-4-3-8-17-11-14/h5-6,9-10,14H,2-4,7-8,11H2,1H3. The summed E-state index contributed by atoms with van der Waals surface area (Å²) in [5, 5.41) is 0. The first-order valence-electron chi connectivity index (χ1n) is 6.80. The topological polar surface area (TPSA) is 44.8 Å². The highest BCUT2D eigenvalue weighted by molar-refractivity contribution is 5.79. The van der Waals surface area contributed by atoms with Crippen molar-refractivity contribution in [1.29, 1.82) is 0 Å². The van der Waals surface area contributed by atoms with Gasteiger partial charge in [-0.2, -0.15) is 0 Å². The van der Waals surface area contributed by atoms with Gasteiger partial charge in [-0.1, -0.05) is 6.92 Å². The molecule has 4 heteroatoms. The summed E-state index contributed by atoms with van der Waals surface area (Å²) in [5.41, 5.74) is 0.550. The molecule has 1 aliphatic rings. The molecule has 1 atom stereocenters. The Bertz CT molecular complexity index is 411. The van der Waals surface area contributed by atoms with Gasteiger partial charge in [0.1, 0.15) is 17.6 Å². The number of ether oxygens (including phenoxy) is 3. The molecule has 0 aromatic heterocycles. The Labute approximate surface area is 113 Å². The number of aldehydes is 1. The zero-order chi connectivity index (χ0) is 13.5. The van der Waals surface area contributed by atoms with Crippen LogP contribution in [0.25, 0.3) is 0 Å². The Kier molecular flexibility index (Phi) is 5.21. The normalized spacial score (nSPS) is 18.9. The second-order valence-corrected chi connectivity index (χ2v) is 4.62. The predicted octanol–water partition coefficient (Wildman–Crippen LogP) is 2.85. The summed E-state index contributed by atoms with van der Waals surface area (Å²) in [6, 6.07) is 5.31. The number of carbonyl (C=O) groups is 1. The highest BCUT2D eigenvalue weighted by Crippen LogP contribution is 2.26. The van der Waals surface area contributed by atoms with E-state index in [2.05, 4.69) is 6.92 Å². The maximum absolute atomic E-state index is 11.0. The zero-order valence-corrected chi connectivity index (χ0v) is 11.3. The summed E-state index contributed by atoms with van der Waals surface area (Å²) in [5.74, 6) is 1.32. The van der Waals surface area contributed by atoms with Gasteiger partial charge in [0.25, 0.3) is 0 Å². The van der Waals surface area contributed by atoms with Gasteiger partial charge in [-0.15, -0.1) is 0 Å². The molecule has 0 amide bonds. The SMILES string of the molecule is CCCOc1ccc(C=O)c(OC2CCCOC2)c1. The average molecular weight is 264 g/mol. The molecule has 2 rings (SSSR count). The van der Waals surface area contributed by atoms with Crippen molar-refractivity contribution >= 4 is 6.29 Å². The Morgan fingerprint density at radius 2 is 2.37 bits per heavy atom. The smallest absolute Gasteiger partial charge is 0.153 e. The van der Waals surface area contributed by atoms with E-state index in [-0.39, 0.29) is 6.10 Å². The molecule has 19 heavy (non-hydrogen) atoms. The molecule has 0 bridgehead atoms. The van der Waals surface area contributed by atoms with Gasteiger partial charge < -0.3 is 14.2 Å². The van der Waals surface area contributed by atoms with E-state index in [1.165, 1.54) is 0 Å². The second kappa shape index (κ2) is 7.14. The summed E-state index contributed by atoms with van der Waals surface area (Å²) in [6.07, 6.45) is 3.73. The maximum atomic E-state index is 11.0. The van der Waals surface area contributed by atoms with E-state index in [1.54, 1.807) is 18.2 Å². The van der Waals surface area contributed by atoms with Crippen molar-refractivity contribution in [2.45, 2.75) is 32.3 Å². The molecule has 1 aliphatic heterocycles. The van der Waals surface area contributed by atoms with Crippen LogP contribution in [0.4, 0.5) is 0 Å². The Hall–Kier alpha value is -1.55. The van der Waals surface area contributed by atoms with Crippen LogP contribution in [-0.4, -0.2) is 32.2 Å². The largest absolute Gasteiger partial charge is 0.493 e. The molecule has 4 nitrogen and oxygen atoms in total. The van der Waals surface area contributed by atoms with Crippen molar-refractivity contribution in [1.82, 2.24) is 0 Å². The highest BCUT2D eigenvalue weighted by atomic mass is 16.5. The predicted molar refractivity (Wildman–Crippen MR) is 72.1 cm³/mol. The maximum Gasteiger partial charge on any atom is 0.153 e. The van der Waals surface area contributed by atoms with Crippen LogP contribution in [0.2, 0.25) is 0 Å². The molecule has 104 valence electrons. The number of hydrogen-bond donors (Lipinski definition) is 0. The van der Waals surface area contributed by atoms with Crippen LogP contribution in [-0.2, 0) is 4.74 Å². The minimum atomic E-state index is 0.0221. The Morgan fingerprint density at radius 1 is 1.47 bits per heavy atom. The molecule has 1 unspecified atom stereocenters. The molecule has 0 saturated carbocycles. The summed E-state index contributed by atoms with van der Waals surface area (Å²) in [7, 11) is 0.